The van der Waals surface area contributed by atoms with Crippen molar-refractivity contribution in [3.05, 3.63) is 36.5 Å². The van der Waals surface area contributed by atoms with Crippen molar-refractivity contribution in [3.8, 4) is 0 Å². The Kier molecular flexibility index (Phi) is 57.1. The first-order valence-electron chi connectivity index (χ1n) is 31.9. The van der Waals surface area contributed by atoms with Crippen molar-refractivity contribution in [3.63, 3.8) is 0 Å². The maximum absolute atomic E-state index is 12.9. The van der Waals surface area contributed by atoms with Gasteiger partial charge < -0.3 is 24.2 Å². The van der Waals surface area contributed by atoms with E-state index < -0.39 is 57.8 Å². The molecule has 0 bridgehead atoms. The average molecular weight is 1100 g/mol. The molecule has 0 aliphatic rings. The lowest BCUT2D eigenvalue weighted by atomic mass is 10.0. The highest BCUT2D eigenvalue weighted by Crippen LogP contribution is 2.43. The van der Waals surface area contributed by atoms with Gasteiger partial charge >= 0.3 is 25.7 Å². The first-order chi connectivity index (χ1) is 37.2. The summed E-state index contributed by atoms with van der Waals surface area (Å²) in [5.74, 6) is -1.45. The van der Waals surface area contributed by atoms with E-state index in [0.717, 1.165) is 77.0 Å². The molecule has 0 saturated heterocycles. The van der Waals surface area contributed by atoms with Gasteiger partial charge in [-0.25, -0.2) is 4.57 Å². The van der Waals surface area contributed by atoms with Gasteiger partial charge in [-0.15, -0.1) is 0 Å². The number of rotatable bonds is 60. The fourth-order valence-corrected chi connectivity index (χ4v) is 9.93. The first-order valence-corrected chi connectivity index (χ1v) is 33.4. The second-order valence-corrected chi connectivity index (χ2v) is 23.0. The Bertz CT molecular complexity index is 1420. The van der Waals surface area contributed by atoms with E-state index in [1.807, 2.05) is 0 Å². The second-order valence-electron chi connectivity index (χ2n) is 21.6. The van der Waals surface area contributed by atoms with Crippen LogP contribution in [0.5, 0.6) is 0 Å². The summed E-state index contributed by atoms with van der Waals surface area (Å²) in [6.45, 7) is 4.67. The summed E-state index contributed by atoms with van der Waals surface area (Å²) in [6.07, 6.45) is 62.3. The highest BCUT2D eigenvalue weighted by atomic mass is 31.2. The lowest BCUT2D eigenvalue weighted by Crippen LogP contribution is -2.30. The van der Waals surface area contributed by atoms with Crippen LogP contribution in [0.3, 0.4) is 0 Å². The summed E-state index contributed by atoms with van der Waals surface area (Å²) in [5, 5.41) is 9.84. The molecule has 0 aromatic heterocycles. The predicted octanol–water partition coefficient (Wildman–Crippen LogP) is 19.2. The number of aliphatic hydroxyl groups is 1. The minimum Gasteiger partial charge on any atom is -0.462 e. The molecule has 0 aliphatic heterocycles. The monoisotopic (exact) mass is 1090 g/mol. The van der Waals surface area contributed by atoms with Gasteiger partial charge in [0.25, 0.3) is 0 Å². The Balaban J connectivity index is 4.65. The van der Waals surface area contributed by atoms with Gasteiger partial charge in [0.2, 0.25) is 0 Å². The molecule has 0 aromatic carbocycles. The molecule has 0 heterocycles. The Morgan fingerprint density at radius 2 is 0.645 bits per heavy atom. The SMILES string of the molecule is CCCCC/C=C\C/C=C\CCCCCCCCCCCC(=O)OC(COC(=O)CCCCCCCCCCCCCCC)COP(=O)(O)OCC(CO)OC(=O)CCCCCCCCC/C=C\CCCCCCCC. The second kappa shape index (κ2) is 58.8. The van der Waals surface area contributed by atoms with Crippen LogP contribution < -0.4 is 0 Å². The van der Waals surface area contributed by atoms with Gasteiger partial charge in [-0.3, -0.25) is 23.4 Å². The Morgan fingerprint density at radius 1 is 0.368 bits per heavy atom. The number of esters is 3. The Morgan fingerprint density at radius 3 is 1.01 bits per heavy atom. The smallest absolute Gasteiger partial charge is 0.462 e. The standard InChI is InChI=1S/C64H119O11P/c1-4-7-10-13-16-19-22-25-27-29-30-32-34-37-40-43-46-49-52-55-64(68)75-61(57-71-62(66)53-50-47-44-41-38-35-24-21-18-15-12-9-6-3)59-73-76(69,70)72-58-60(56-65)74-63(67)54-51-48-45-42-39-36-33-31-28-26-23-20-17-14-11-8-5-2/h16,19,25-28,60-61,65H,4-15,17-18,20-24,29-59H2,1-3H3,(H,69,70)/b19-16-,27-25-,28-26-. The van der Waals surface area contributed by atoms with Crippen LogP contribution in [0.15, 0.2) is 36.5 Å². The Labute approximate surface area is 467 Å². The molecule has 3 atom stereocenters. The van der Waals surface area contributed by atoms with Crippen LogP contribution in [0.4, 0.5) is 0 Å². The minimum absolute atomic E-state index is 0.167. The van der Waals surface area contributed by atoms with Gasteiger partial charge in [0.05, 0.1) is 19.8 Å². The molecule has 3 unspecified atom stereocenters. The molecule has 0 rings (SSSR count). The number of ether oxygens (including phenoxy) is 3. The zero-order valence-corrected chi connectivity index (χ0v) is 50.4. The highest BCUT2D eigenvalue weighted by molar-refractivity contribution is 7.47. The number of hydrogen-bond donors (Lipinski definition) is 2. The van der Waals surface area contributed by atoms with Crippen LogP contribution in [0.2, 0.25) is 0 Å². The lowest BCUT2D eigenvalue weighted by Gasteiger charge is -2.21. The number of unbranched alkanes of at least 4 members (excludes halogenated alkanes) is 37. The number of phosphoric ester groups is 1. The van der Waals surface area contributed by atoms with Crippen molar-refractivity contribution in [2.24, 2.45) is 0 Å². The average Bonchev–Trinajstić information content (AvgIpc) is 3.41. The van der Waals surface area contributed by atoms with Crippen molar-refractivity contribution in [2.75, 3.05) is 26.4 Å². The zero-order valence-electron chi connectivity index (χ0n) is 49.5. The third-order valence-electron chi connectivity index (χ3n) is 14.0. The molecule has 11 nitrogen and oxygen atoms in total. The molecule has 0 spiro atoms. The molecule has 12 heteroatoms. The van der Waals surface area contributed by atoms with Crippen molar-refractivity contribution < 1.29 is 52.2 Å². The molecule has 2 N–H and O–H groups in total. The van der Waals surface area contributed by atoms with E-state index >= 15 is 0 Å². The fourth-order valence-electron chi connectivity index (χ4n) is 9.15. The summed E-state index contributed by atoms with van der Waals surface area (Å²) in [6, 6.07) is 0. The quantitative estimate of drug-likeness (QED) is 0.0197. The van der Waals surface area contributed by atoms with E-state index in [0.29, 0.717) is 19.3 Å². The van der Waals surface area contributed by atoms with Crippen molar-refractivity contribution >= 4 is 25.7 Å². The molecule has 0 amide bonds. The van der Waals surface area contributed by atoms with Gasteiger partial charge in [0.15, 0.2) is 6.10 Å². The normalized spacial score (nSPS) is 13.5. The highest BCUT2D eigenvalue weighted by Gasteiger charge is 2.28. The third kappa shape index (κ3) is 56.4. The third-order valence-corrected chi connectivity index (χ3v) is 15.0. The van der Waals surface area contributed by atoms with Crippen molar-refractivity contribution in [2.45, 2.75) is 328 Å². The van der Waals surface area contributed by atoms with E-state index in [1.165, 1.54) is 180 Å². The van der Waals surface area contributed by atoms with Gasteiger partial charge in [0, 0.05) is 19.3 Å². The fraction of sp³-hybridized carbons (Fsp3) is 0.859. The van der Waals surface area contributed by atoms with Crippen LogP contribution in [0.25, 0.3) is 0 Å². The van der Waals surface area contributed by atoms with Crippen LogP contribution in [-0.2, 0) is 42.2 Å². The van der Waals surface area contributed by atoms with Gasteiger partial charge in [-0.2, -0.15) is 0 Å². The first kappa shape index (κ1) is 73.7. The summed E-state index contributed by atoms with van der Waals surface area (Å²) in [7, 11) is -4.75. The lowest BCUT2D eigenvalue weighted by molar-refractivity contribution is -0.161. The minimum atomic E-state index is -4.75. The summed E-state index contributed by atoms with van der Waals surface area (Å²) in [5.41, 5.74) is 0. The molecule has 446 valence electrons. The molecule has 0 radical (unpaired) electrons. The molecular weight excluding hydrogens is 976 g/mol. The van der Waals surface area contributed by atoms with E-state index in [9.17, 15) is 28.9 Å². The maximum Gasteiger partial charge on any atom is 0.472 e. The molecular formula is C64H119O11P. The number of carbonyl (C=O) groups excluding carboxylic acids is 3. The van der Waals surface area contributed by atoms with Crippen LogP contribution >= 0.6 is 7.82 Å². The van der Waals surface area contributed by atoms with Crippen molar-refractivity contribution in [1.29, 1.82) is 0 Å². The Hall–Kier alpha value is -2.30. The van der Waals surface area contributed by atoms with E-state index in [1.54, 1.807) is 0 Å². The van der Waals surface area contributed by atoms with Crippen molar-refractivity contribution in [1.82, 2.24) is 0 Å². The van der Waals surface area contributed by atoms with Gasteiger partial charge in [-0.05, 0) is 77.0 Å². The molecule has 0 saturated carbocycles. The van der Waals surface area contributed by atoms with Gasteiger partial charge in [-0.1, -0.05) is 256 Å². The van der Waals surface area contributed by atoms with Crippen LogP contribution in [0.1, 0.15) is 316 Å². The van der Waals surface area contributed by atoms with E-state index in [2.05, 4.69) is 57.2 Å². The maximum atomic E-state index is 12.9. The van der Waals surface area contributed by atoms with Crippen LogP contribution in [-0.4, -0.2) is 66.5 Å². The van der Waals surface area contributed by atoms with E-state index in [4.69, 9.17) is 23.3 Å². The molecule has 0 aliphatic carbocycles. The largest absolute Gasteiger partial charge is 0.472 e. The molecule has 76 heavy (non-hydrogen) atoms. The zero-order chi connectivity index (χ0) is 55.5. The number of aliphatic hydroxyl groups excluding tert-OH is 1. The number of phosphoric acid groups is 1. The summed E-state index contributed by atoms with van der Waals surface area (Å²) >= 11 is 0. The summed E-state index contributed by atoms with van der Waals surface area (Å²) < 4.78 is 39.7. The van der Waals surface area contributed by atoms with Gasteiger partial charge in [0.1, 0.15) is 12.7 Å². The van der Waals surface area contributed by atoms with Crippen LogP contribution in [0, 0.1) is 0 Å². The topological polar surface area (TPSA) is 155 Å². The number of allylic oxidation sites excluding steroid dienone is 6. The predicted molar refractivity (Wildman–Crippen MR) is 316 cm³/mol. The number of carbonyl (C=O) groups is 3. The van der Waals surface area contributed by atoms with E-state index in [-0.39, 0.29) is 25.9 Å². The molecule has 0 fully saturated rings. The number of hydrogen-bond acceptors (Lipinski definition) is 10. The summed E-state index contributed by atoms with van der Waals surface area (Å²) in [4.78, 5) is 48.7. The molecule has 0 aromatic rings.